The zero-order valence-corrected chi connectivity index (χ0v) is 9.83. The lowest BCUT2D eigenvalue weighted by atomic mass is 10.2. The van der Waals surface area contributed by atoms with Gasteiger partial charge in [0.2, 0.25) is 0 Å². The fourth-order valence-electron chi connectivity index (χ4n) is 1.45. The fourth-order valence-corrected chi connectivity index (χ4v) is 1.45. The van der Waals surface area contributed by atoms with Crippen LogP contribution in [0.25, 0.3) is 0 Å². The summed E-state index contributed by atoms with van der Waals surface area (Å²) in [6.45, 7) is 1.34. The van der Waals surface area contributed by atoms with Gasteiger partial charge < -0.3 is 15.2 Å². The maximum atomic E-state index is 12.0. The minimum absolute atomic E-state index is 0.149. The zero-order valence-electron chi connectivity index (χ0n) is 9.83. The second kappa shape index (κ2) is 7.23. The number of hydrogen-bond donors (Lipinski definition) is 2. The number of rotatable bonds is 7. The normalized spacial score (nSPS) is 11.6. The Kier molecular flexibility index (Phi) is 5.94. The molecular weight excluding hydrogens is 247 g/mol. The molecule has 0 amide bonds. The van der Waals surface area contributed by atoms with Crippen molar-refractivity contribution in [3.63, 3.8) is 0 Å². The number of hydrogen-bond acceptors (Lipinski definition) is 3. The van der Waals surface area contributed by atoms with Crippen LogP contribution in [0, 0.1) is 0 Å². The number of unbranched alkanes of at least 4 members (excludes halogenated alkanes) is 1. The van der Waals surface area contributed by atoms with Gasteiger partial charge in [-0.25, -0.2) is 0 Å². The molecular formula is C12H16F3NO2. The van der Waals surface area contributed by atoms with Gasteiger partial charge in [0.1, 0.15) is 5.75 Å². The topological polar surface area (TPSA) is 41.5 Å². The lowest BCUT2D eigenvalue weighted by Gasteiger charge is -2.10. The van der Waals surface area contributed by atoms with Crippen LogP contribution < -0.4 is 10.1 Å². The number of benzene rings is 1. The van der Waals surface area contributed by atoms with Crippen molar-refractivity contribution in [1.82, 2.24) is 5.32 Å². The third-order valence-electron chi connectivity index (χ3n) is 2.22. The number of alkyl halides is 3. The van der Waals surface area contributed by atoms with Crippen molar-refractivity contribution in [2.75, 3.05) is 13.2 Å². The molecule has 18 heavy (non-hydrogen) atoms. The van der Waals surface area contributed by atoms with Gasteiger partial charge in [0.15, 0.2) is 0 Å². The first-order chi connectivity index (χ1) is 8.51. The predicted molar refractivity (Wildman–Crippen MR) is 61.2 cm³/mol. The molecule has 102 valence electrons. The van der Waals surface area contributed by atoms with Crippen LogP contribution in [0.3, 0.4) is 0 Å². The highest BCUT2D eigenvalue weighted by molar-refractivity contribution is 5.28. The minimum Gasteiger partial charge on any atom is -0.406 e. The van der Waals surface area contributed by atoms with E-state index in [0.29, 0.717) is 19.5 Å². The molecule has 1 rings (SSSR count). The molecule has 1 aromatic rings. The van der Waals surface area contributed by atoms with Gasteiger partial charge in [-0.15, -0.1) is 13.2 Å². The molecule has 0 aliphatic heterocycles. The van der Waals surface area contributed by atoms with E-state index >= 15 is 0 Å². The molecule has 0 unspecified atom stereocenters. The quantitative estimate of drug-likeness (QED) is 0.742. The summed E-state index contributed by atoms with van der Waals surface area (Å²) >= 11 is 0. The molecule has 6 heteroatoms. The van der Waals surface area contributed by atoms with Crippen LogP contribution in [0.4, 0.5) is 13.2 Å². The zero-order chi connectivity index (χ0) is 13.4. The Bertz CT molecular complexity index is 355. The molecule has 0 saturated carbocycles. The summed E-state index contributed by atoms with van der Waals surface area (Å²) in [7, 11) is 0. The van der Waals surface area contributed by atoms with Gasteiger partial charge in [0.05, 0.1) is 0 Å². The average Bonchev–Trinajstić information content (AvgIpc) is 2.27. The maximum absolute atomic E-state index is 12.0. The van der Waals surface area contributed by atoms with Crippen molar-refractivity contribution in [3.05, 3.63) is 29.8 Å². The minimum atomic E-state index is -4.66. The number of halogens is 3. The number of ether oxygens (including phenoxy) is 1. The monoisotopic (exact) mass is 263 g/mol. The summed E-state index contributed by atoms with van der Waals surface area (Å²) in [6, 6.07) is 5.86. The number of nitrogens with one attached hydrogen (secondary N) is 1. The van der Waals surface area contributed by atoms with E-state index in [4.69, 9.17) is 5.11 Å². The molecule has 0 heterocycles. The summed E-state index contributed by atoms with van der Waals surface area (Å²) in [6.07, 6.45) is -3.12. The van der Waals surface area contributed by atoms with Crippen molar-refractivity contribution in [3.8, 4) is 5.75 Å². The van der Waals surface area contributed by atoms with Gasteiger partial charge in [0.25, 0.3) is 0 Å². The maximum Gasteiger partial charge on any atom is 0.573 e. The lowest BCUT2D eigenvalue weighted by Crippen LogP contribution is -2.18. The van der Waals surface area contributed by atoms with Crippen LogP contribution >= 0.6 is 0 Å². The molecule has 1 aromatic carbocycles. The largest absolute Gasteiger partial charge is 0.573 e. The third-order valence-corrected chi connectivity index (χ3v) is 2.22. The van der Waals surface area contributed by atoms with Crippen LogP contribution in [0.5, 0.6) is 5.75 Å². The summed E-state index contributed by atoms with van der Waals surface area (Å²) in [5, 5.41) is 11.7. The van der Waals surface area contributed by atoms with E-state index in [1.807, 2.05) is 0 Å². The lowest BCUT2D eigenvalue weighted by molar-refractivity contribution is -0.274. The van der Waals surface area contributed by atoms with Crippen molar-refractivity contribution in [2.45, 2.75) is 25.7 Å². The van der Waals surface area contributed by atoms with Crippen molar-refractivity contribution in [2.24, 2.45) is 0 Å². The molecule has 3 nitrogen and oxygen atoms in total. The second-order valence-electron chi connectivity index (χ2n) is 3.80. The van der Waals surface area contributed by atoms with E-state index < -0.39 is 6.36 Å². The highest BCUT2D eigenvalue weighted by Crippen LogP contribution is 2.23. The highest BCUT2D eigenvalue weighted by Gasteiger charge is 2.31. The van der Waals surface area contributed by atoms with E-state index in [1.54, 1.807) is 6.07 Å². The van der Waals surface area contributed by atoms with Gasteiger partial charge in [-0.05, 0) is 37.1 Å². The molecule has 0 aliphatic rings. The van der Waals surface area contributed by atoms with Crippen LogP contribution in [0.1, 0.15) is 18.4 Å². The number of aliphatic hydroxyl groups excluding tert-OH is 1. The Hall–Kier alpha value is -1.27. The highest BCUT2D eigenvalue weighted by atomic mass is 19.4. The van der Waals surface area contributed by atoms with Crippen LogP contribution in [-0.2, 0) is 6.54 Å². The van der Waals surface area contributed by atoms with Gasteiger partial charge in [-0.1, -0.05) is 12.1 Å². The van der Waals surface area contributed by atoms with E-state index in [2.05, 4.69) is 10.1 Å². The van der Waals surface area contributed by atoms with Gasteiger partial charge in [-0.3, -0.25) is 0 Å². The predicted octanol–water partition coefficient (Wildman–Crippen LogP) is 2.45. The first-order valence-electron chi connectivity index (χ1n) is 5.67. The average molecular weight is 263 g/mol. The number of aliphatic hydroxyl groups is 1. The summed E-state index contributed by atoms with van der Waals surface area (Å²) in [5.74, 6) is -0.211. The van der Waals surface area contributed by atoms with E-state index in [-0.39, 0.29) is 12.4 Å². The Morgan fingerprint density at radius 2 is 2.00 bits per heavy atom. The molecule has 0 fully saturated rings. The van der Waals surface area contributed by atoms with Crippen molar-refractivity contribution in [1.29, 1.82) is 0 Å². The standard InChI is InChI=1S/C12H16F3NO2/c13-12(14,15)18-11-5-3-4-10(8-11)9-16-6-1-2-7-17/h3-5,8,16-17H,1-2,6-7,9H2. The molecule has 0 bridgehead atoms. The van der Waals surface area contributed by atoms with Gasteiger partial charge in [-0.2, -0.15) is 0 Å². The molecule has 0 saturated heterocycles. The molecule has 2 N–H and O–H groups in total. The molecule has 0 spiro atoms. The molecule has 0 atom stereocenters. The SMILES string of the molecule is OCCCCNCc1cccc(OC(F)(F)F)c1. The smallest absolute Gasteiger partial charge is 0.406 e. The van der Waals surface area contributed by atoms with Crippen LogP contribution in [0.15, 0.2) is 24.3 Å². The van der Waals surface area contributed by atoms with Crippen LogP contribution in [-0.4, -0.2) is 24.6 Å². The van der Waals surface area contributed by atoms with E-state index in [0.717, 1.165) is 12.0 Å². The molecule has 0 radical (unpaired) electrons. The van der Waals surface area contributed by atoms with E-state index in [9.17, 15) is 13.2 Å². The molecule has 0 aromatic heterocycles. The van der Waals surface area contributed by atoms with Crippen molar-refractivity contribution >= 4 is 0 Å². The fraction of sp³-hybridized carbons (Fsp3) is 0.500. The Morgan fingerprint density at radius 1 is 1.22 bits per heavy atom. The molecule has 0 aliphatic carbocycles. The van der Waals surface area contributed by atoms with Gasteiger partial charge in [0, 0.05) is 13.2 Å². The second-order valence-corrected chi connectivity index (χ2v) is 3.80. The summed E-state index contributed by atoms with van der Waals surface area (Å²) in [5.41, 5.74) is 0.723. The summed E-state index contributed by atoms with van der Waals surface area (Å²) < 4.78 is 39.8. The summed E-state index contributed by atoms with van der Waals surface area (Å²) in [4.78, 5) is 0. The first-order valence-corrected chi connectivity index (χ1v) is 5.67. The third kappa shape index (κ3) is 6.46. The first kappa shape index (κ1) is 14.8. The Labute approximate surface area is 104 Å². The van der Waals surface area contributed by atoms with E-state index in [1.165, 1.54) is 18.2 Å². The van der Waals surface area contributed by atoms with Crippen molar-refractivity contribution < 1.29 is 23.0 Å². The van der Waals surface area contributed by atoms with Crippen LogP contribution in [0.2, 0.25) is 0 Å². The van der Waals surface area contributed by atoms with Gasteiger partial charge >= 0.3 is 6.36 Å². The Balaban J connectivity index is 2.40. The Morgan fingerprint density at radius 3 is 2.67 bits per heavy atom.